The van der Waals surface area contributed by atoms with Gasteiger partial charge in [0.05, 0.1) is 12.6 Å². The number of nitrogens with two attached hydrogens (primary N) is 1. The highest BCUT2D eigenvalue weighted by molar-refractivity contribution is 5.03. The van der Waals surface area contributed by atoms with Crippen LogP contribution in [0.15, 0.2) is 15.8 Å². The Morgan fingerprint density at radius 3 is 2.65 bits per heavy atom. The summed E-state index contributed by atoms with van der Waals surface area (Å²) in [5.74, 6) is 0. The second kappa shape index (κ2) is 5.46. The van der Waals surface area contributed by atoms with Crippen LogP contribution in [0.5, 0.6) is 0 Å². The highest BCUT2D eigenvalue weighted by Crippen LogP contribution is 2.25. The summed E-state index contributed by atoms with van der Waals surface area (Å²) in [7, 11) is 0. The molecule has 1 aliphatic rings. The lowest BCUT2D eigenvalue weighted by atomic mass is 9.97. The molecule has 1 aromatic heterocycles. The van der Waals surface area contributed by atoms with Gasteiger partial charge in [-0.3, -0.25) is 14.3 Å². The van der Waals surface area contributed by atoms with Crippen LogP contribution in [0, 0.1) is 6.92 Å². The molecule has 9 nitrogen and oxygen atoms in total. The van der Waals surface area contributed by atoms with Crippen LogP contribution < -0.4 is 17.0 Å². The van der Waals surface area contributed by atoms with Crippen molar-refractivity contribution in [3.8, 4) is 0 Å². The number of aliphatic hydroxyl groups is 3. The number of rotatable bonds is 2. The molecule has 2 rings (SSSR count). The SMILES string of the molecule is Cc1cn(C2OC(CO)C(O)C(O)C2N)c(=O)[nH]c1=O. The molecular weight excluding hydrogens is 270 g/mol. The summed E-state index contributed by atoms with van der Waals surface area (Å²) in [5, 5.41) is 28.6. The van der Waals surface area contributed by atoms with E-state index in [9.17, 15) is 19.8 Å². The number of hydrogen-bond donors (Lipinski definition) is 5. The molecule has 0 saturated carbocycles. The quantitative estimate of drug-likeness (QED) is 0.384. The second-order valence-corrected chi connectivity index (χ2v) is 4.78. The van der Waals surface area contributed by atoms with Gasteiger partial charge in [0, 0.05) is 11.8 Å². The Bertz CT molecular complexity index is 595. The van der Waals surface area contributed by atoms with Gasteiger partial charge in [-0.05, 0) is 6.92 Å². The first-order valence-corrected chi connectivity index (χ1v) is 6.07. The fourth-order valence-electron chi connectivity index (χ4n) is 2.14. The molecule has 20 heavy (non-hydrogen) atoms. The third-order valence-electron chi connectivity index (χ3n) is 3.37. The number of hydrogen-bond acceptors (Lipinski definition) is 7. The maximum Gasteiger partial charge on any atom is 0.330 e. The van der Waals surface area contributed by atoms with Crippen molar-refractivity contribution in [2.75, 3.05) is 6.61 Å². The van der Waals surface area contributed by atoms with E-state index in [1.165, 1.54) is 13.1 Å². The van der Waals surface area contributed by atoms with Crippen molar-refractivity contribution >= 4 is 0 Å². The molecule has 0 aromatic carbocycles. The average Bonchev–Trinajstić information content (AvgIpc) is 2.41. The van der Waals surface area contributed by atoms with E-state index < -0.39 is 48.4 Å². The Kier molecular flexibility index (Phi) is 4.06. The number of ether oxygens (including phenoxy) is 1. The van der Waals surface area contributed by atoms with Crippen molar-refractivity contribution in [1.82, 2.24) is 9.55 Å². The summed E-state index contributed by atoms with van der Waals surface area (Å²) in [6.45, 7) is 0.955. The molecule has 1 aliphatic heterocycles. The fourth-order valence-corrected chi connectivity index (χ4v) is 2.14. The zero-order valence-corrected chi connectivity index (χ0v) is 10.8. The fraction of sp³-hybridized carbons (Fsp3) is 0.636. The van der Waals surface area contributed by atoms with Gasteiger partial charge in [-0.2, -0.15) is 0 Å². The van der Waals surface area contributed by atoms with Gasteiger partial charge in [0.2, 0.25) is 0 Å². The largest absolute Gasteiger partial charge is 0.394 e. The molecule has 0 radical (unpaired) electrons. The molecule has 5 unspecified atom stereocenters. The van der Waals surface area contributed by atoms with Crippen molar-refractivity contribution in [1.29, 1.82) is 0 Å². The third kappa shape index (κ3) is 2.41. The van der Waals surface area contributed by atoms with Gasteiger partial charge in [0.1, 0.15) is 18.3 Å². The number of nitrogens with zero attached hydrogens (tertiary/aromatic N) is 1. The first-order valence-electron chi connectivity index (χ1n) is 6.07. The normalized spacial score (nSPS) is 34.1. The molecule has 9 heteroatoms. The molecule has 0 amide bonds. The monoisotopic (exact) mass is 287 g/mol. The molecule has 0 aliphatic carbocycles. The maximum absolute atomic E-state index is 11.8. The van der Waals surface area contributed by atoms with E-state index in [0.717, 1.165) is 4.57 Å². The van der Waals surface area contributed by atoms with Crippen molar-refractivity contribution in [3.63, 3.8) is 0 Å². The molecule has 1 aromatic rings. The molecule has 5 atom stereocenters. The summed E-state index contributed by atoms with van der Waals surface area (Å²) in [6, 6.07) is -1.09. The van der Waals surface area contributed by atoms with Crippen LogP contribution in [-0.4, -0.2) is 55.8 Å². The van der Waals surface area contributed by atoms with Gasteiger partial charge >= 0.3 is 5.69 Å². The lowest BCUT2D eigenvalue weighted by molar-refractivity contribution is -0.211. The van der Waals surface area contributed by atoms with E-state index in [2.05, 4.69) is 4.98 Å². The van der Waals surface area contributed by atoms with Crippen LogP contribution in [0.4, 0.5) is 0 Å². The Hall–Kier alpha value is -1.52. The molecular formula is C11H17N3O6. The van der Waals surface area contributed by atoms with Crippen LogP contribution in [0.3, 0.4) is 0 Å². The minimum absolute atomic E-state index is 0.265. The third-order valence-corrected chi connectivity index (χ3v) is 3.37. The standard InChI is InChI=1S/C11H17N3O6/c1-4-2-14(11(19)13-9(4)18)10-6(12)8(17)7(16)5(3-15)20-10/h2,5-8,10,15-17H,3,12H2,1H3,(H,13,18,19). The summed E-state index contributed by atoms with van der Waals surface area (Å²) in [5.41, 5.74) is 4.73. The predicted molar refractivity (Wildman–Crippen MR) is 67.0 cm³/mol. The molecule has 0 spiro atoms. The van der Waals surface area contributed by atoms with Gasteiger partial charge in [0.15, 0.2) is 6.23 Å². The Morgan fingerprint density at radius 1 is 1.40 bits per heavy atom. The number of aromatic nitrogens is 2. The number of aliphatic hydroxyl groups excluding tert-OH is 3. The Morgan fingerprint density at radius 2 is 2.05 bits per heavy atom. The van der Waals surface area contributed by atoms with E-state index in [0.29, 0.717) is 0 Å². The van der Waals surface area contributed by atoms with Gasteiger partial charge in [-0.25, -0.2) is 4.79 Å². The van der Waals surface area contributed by atoms with E-state index in [1.807, 2.05) is 0 Å². The lowest BCUT2D eigenvalue weighted by Crippen LogP contribution is -2.61. The van der Waals surface area contributed by atoms with Crippen molar-refractivity contribution in [2.45, 2.75) is 37.5 Å². The van der Waals surface area contributed by atoms with E-state index in [1.54, 1.807) is 0 Å². The molecule has 2 heterocycles. The number of nitrogens with one attached hydrogen (secondary N) is 1. The van der Waals surface area contributed by atoms with Crippen molar-refractivity contribution in [3.05, 3.63) is 32.6 Å². The van der Waals surface area contributed by atoms with E-state index in [-0.39, 0.29) is 5.56 Å². The zero-order valence-electron chi connectivity index (χ0n) is 10.8. The molecule has 1 saturated heterocycles. The van der Waals surface area contributed by atoms with Gasteiger partial charge in [0.25, 0.3) is 5.56 Å². The van der Waals surface area contributed by atoms with Crippen LogP contribution in [0.25, 0.3) is 0 Å². The molecule has 112 valence electrons. The topological polar surface area (TPSA) is 151 Å². The first kappa shape index (κ1) is 14.9. The minimum atomic E-state index is -1.37. The van der Waals surface area contributed by atoms with E-state index in [4.69, 9.17) is 15.6 Å². The van der Waals surface area contributed by atoms with Gasteiger partial charge < -0.3 is 25.8 Å². The van der Waals surface area contributed by atoms with E-state index >= 15 is 0 Å². The van der Waals surface area contributed by atoms with Gasteiger partial charge in [-0.1, -0.05) is 0 Å². The number of aryl methyl sites for hydroxylation is 1. The summed E-state index contributed by atoms with van der Waals surface area (Å²) in [4.78, 5) is 25.2. The zero-order chi connectivity index (χ0) is 15.0. The van der Waals surface area contributed by atoms with Crippen LogP contribution >= 0.6 is 0 Å². The lowest BCUT2D eigenvalue weighted by Gasteiger charge is -2.41. The Balaban J connectivity index is 2.44. The molecule has 0 bridgehead atoms. The summed E-state index contributed by atoms with van der Waals surface area (Å²) >= 11 is 0. The highest BCUT2D eigenvalue weighted by atomic mass is 16.5. The van der Waals surface area contributed by atoms with Crippen LogP contribution in [-0.2, 0) is 4.74 Å². The predicted octanol–water partition coefficient (Wildman–Crippen LogP) is -3.22. The highest BCUT2D eigenvalue weighted by Gasteiger charge is 2.43. The summed E-state index contributed by atoms with van der Waals surface area (Å²) in [6.07, 6.45) is -3.65. The Labute approximate surface area is 113 Å². The molecule has 1 fully saturated rings. The van der Waals surface area contributed by atoms with Crippen LogP contribution in [0.1, 0.15) is 11.8 Å². The average molecular weight is 287 g/mol. The smallest absolute Gasteiger partial charge is 0.330 e. The second-order valence-electron chi connectivity index (χ2n) is 4.78. The van der Waals surface area contributed by atoms with Crippen LogP contribution in [0.2, 0.25) is 0 Å². The van der Waals surface area contributed by atoms with Crippen molar-refractivity contribution in [2.24, 2.45) is 5.73 Å². The minimum Gasteiger partial charge on any atom is -0.394 e. The summed E-state index contributed by atoms with van der Waals surface area (Å²) < 4.78 is 6.38. The molecule has 6 N–H and O–H groups in total. The number of aromatic amines is 1. The number of H-pyrrole nitrogens is 1. The first-order chi connectivity index (χ1) is 9.36. The maximum atomic E-state index is 11.8. The van der Waals surface area contributed by atoms with Crippen molar-refractivity contribution < 1.29 is 20.1 Å². The van der Waals surface area contributed by atoms with Gasteiger partial charge in [-0.15, -0.1) is 0 Å².